The van der Waals surface area contributed by atoms with Gasteiger partial charge in [0.2, 0.25) is 0 Å². The minimum absolute atomic E-state index is 0.0443. The topological polar surface area (TPSA) is 87.7 Å². The van der Waals surface area contributed by atoms with Crippen LogP contribution in [0.1, 0.15) is 19.8 Å². The first-order valence-corrected chi connectivity index (χ1v) is 7.88. The SMILES string of the molecule is CCCN1CCCN(CC(O)Cn2cc([N+](=O)[O-])cn2)CC1. The molecule has 1 unspecified atom stereocenters. The number of nitro groups is 1. The monoisotopic (exact) mass is 311 g/mol. The quantitative estimate of drug-likeness (QED) is 0.585. The molecule has 0 amide bonds. The molecule has 1 aliphatic heterocycles. The molecule has 1 fully saturated rings. The van der Waals surface area contributed by atoms with Crippen LogP contribution in [0.3, 0.4) is 0 Å². The molecule has 1 aromatic rings. The summed E-state index contributed by atoms with van der Waals surface area (Å²) in [6, 6.07) is 0. The van der Waals surface area contributed by atoms with Gasteiger partial charge in [-0.15, -0.1) is 0 Å². The van der Waals surface area contributed by atoms with Crippen molar-refractivity contribution in [2.45, 2.75) is 32.4 Å². The van der Waals surface area contributed by atoms with Crippen molar-refractivity contribution in [3.05, 3.63) is 22.5 Å². The maximum atomic E-state index is 10.6. The van der Waals surface area contributed by atoms with Crippen molar-refractivity contribution in [1.82, 2.24) is 19.6 Å². The Balaban J connectivity index is 1.78. The van der Waals surface area contributed by atoms with Crippen LogP contribution < -0.4 is 0 Å². The van der Waals surface area contributed by atoms with Crippen molar-refractivity contribution in [2.75, 3.05) is 39.3 Å². The van der Waals surface area contributed by atoms with E-state index in [1.54, 1.807) is 0 Å². The molecular weight excluding hydrogens is 286 g/mol. The second-order valence-corrected chi connectivity index (χ2v) is 5.83. The average Bonchev–Trinajstić information content (AvgIpc) is 2.82. The van der Waals surface area contributed by atoms with Crippen LogP contribution in [0.2, 0.25) is 0 Å². The van der Waals surface area contributed by atoms with Crippen LogP contribution in [0.5, 0.6) is 0 Å². The van der Waals surface area contributed by atoms with Crippen molar-refractivity contribution in [3.8, 4) is 0 Å². The lowest BCUT2D eigenvalue weighted by Crippen LogP contribution is -2.37. The lowest BCUT2D eigenvalue weighted by atomic mass is 10.3. The van der Waals surface area contributed by atoms with Crippen LogP contribution in [0.15, 0.2) is 12.4 Å². The van der Waals surface area contributed by atoms with Gasteiger partial charge in [0, 0.05) is 19.6 Å². The zero-order chi connectivity index (χ0) is 15.9. The van der Waals surface area contributed by atoms with Crippen molar-refractivity contribution < 1.29 is 10.0 Å². The van der Waals surface area contributed by atoms with E-state index in [1.807, 2.05) is 0 Å². The maximum absolute atomic E-state index is 10.6. The third-order valence-corrected chi connectivity index (χ3v) is 3.92. The van der Waals surface area contributed by atoms with Crippen LogP contribution in [0.4, 0.5) is 5.69 Å². The van der Waals surface area contributed by atoms with E-state index in [0.29, 0.717) is 6.54 Å². The summed E-state index contributed by atoms with van der Waals surface area (Å²) in [6.45, 7) is 8.27. The highest BCUT2D eigenvalue weighted by Crippen LogP contribution is 2.09. The Hall–Kier alpha value is -1.51. The van der Waals surface area contributed by atoms with Gasteiger partial charge in [0.05, 0.1) is 17.6 Å². The molecule has 0 saturated carbocycles. The summed E-state index contributed by atoms with van der Waals surface area (Å²) in [6.07, 6.45) is 4.27. The zero-order valence-corrected chi connectivity index (χ0v) is 13.1. The number of rotatable bonds is 7. The van der Waals surface area contributed by atoms with Crippen molar-refractivity contribution in [3.63, 3.8) is 0 Å². The molecule has 2 heterocycles. The third kappa shape index (κ3) is 5.04. The minimum atomic E-state index is -0.572. The normalized spacial score (nSPS) is 19.0. The van der Waals surface area contributed by atoms with E-state index in [-0.39, 0.29) is 12.2 Å². The molecule has 1 N–H and O–H groups in total. The molecule has 1 aliphatic rings. The van der Waals surface area contributed by atoms with Crippen LogP contribution in [-0.2, 0) is 6.54 Å². The molecular formula is C14H25N5O3. The van der Waals surface area contributed by atoms with Crippen LogP contribution in [-0.4, -0.2) is 75.0 Å². The highest BCUT2D eigenvalue weighted by molar-refractivity contribution is 5.20. The van der Waals surface area contributed by atoms with Gasteiger partial charge in [-0.1, -0.05) is 6.92 Å². The molecule has 0 aromatic carbocycles. The molecule has 8 nitrogen and oxygen atoms in total. The van der Waals surface area contributed by atoms with E-state index in [1.165, 1.54) is 23.5 Å². The first-order valence-electron chi connectivity index (χ1n) is 7.88. The van der Waals surface area contributed by atoms with E-state index in [2.05, 4.69) is 21.8 Å². The predicted octanol–water partition coefficient (Wildman–Crippen LogP) is 0.570. The highest BCUT2D eigenvalue weighted by Gasteiger charge is 2.18. The smallest absolute Gasteiger partial charge is 0.306 e. The second kappa shape index (κ2) is 8.21. The second-order valence-electron chi connectivity index (χ2n) is 5.83. The number of aliphatic hydroxyl groups excluding tert-OH is 1. The highest BCUT2D eigenvalue weighted by atomic mass is 16.6. The van der Waals surface area contributed by atoms with Crippen LogP contribution >= 0.6 is 0 Å². The van der Waals surface area contributed by atoms with E-state index < -0.39 is 11.0 Å². The molecule has 1 atom stereocenters. The van der Waals surface area contributed by atoms with Gasteiger partial charge < -0.3 is 10.0 Å². The maximum Gasteiger partial charge on any atom is 0.306 e. The van der Waals surface area contributed by atoms with Gasteiger partial charge in [0.25, 0.3) is 0 Å². The Kier molecular flexibility index (Phi) is 6.29. The fourth-order valence-electron chi connectivity index (χ4n) is 2.87. The average molecular weight is 311 g/mol. The molecule has 2 rings (SSSR count). The lowest BCUT2D eigenvalue weighted by molar-refractivity contribution is -0.385. The lowest BCUT2D eigenvalue weighted by Gasteiger charge is -2.23. The molecule has 0 spiro atoms. The molecule has 22 heavy (non-hydrogen) atoms. The number of hydrogen-bond donors (Lipinski definition) is 1. The summed E-state index contributed by atoms with van der Waals surface area (Å²) in [7, 11) is 0. The summed E-state index contributed by atoms with van der Waals surface area (Å²) in [5.74, 6) is 0. The van der Waals surface area contributed by atoms with Gasteiger partial charge in [-0.2, -0.15) is 5.10 Å². The Bertz CT molecular complexity index is 479. The molecule has 0 radical (unpaired) electrons. The summed E-state index contributed by atoms with van der Waals surface area (Å²) >= 11 is 0. The summed E-state index contributed by atoms with van der Waals surface area (Å²) in [4.78, 5) is 14.9. The van der Waals surface area contributed by atoms with Crippen molar-refractivity contribution in [1.29, 1.82) is 0 Å². The van der Waals surface area contributed by atoms with E-state index in [9.17, 15) is 15.2 Å². The van der Waals surface area contributed by atoms with Gasteiger partial charge in [-0.25, -0.2) is 0 Å². The largest absolute Gasteiger partial charge is 0.390 e. The minimum Gasteiger partial charge on any atom is -0.390 e. The number of nitrogens with zero attached hydrogens (tertiary/aromatic N) is 5. The van der Waals surface area contributed by atoms with Gasteiger partial charge in [-0.3, -0.25) is 19.7 Å². The van der Waals surface area contributed by atoms with Crippen molar-refractivity contribution in [2.24, 2.45) is 0 Å². The molecule has 0 bridgehead atoms. The van der Waals surface area contributed by atoms with Crippen LogP contribution in [0.25, 0.3) is 0 Å². The molecule has 1 aromatic heterocycles. The van der Waals surface area contributed by atoms with Gasteiger partial charge in [0.1, 0.15) is 12.4 Å². The summed E-state index contributed by atoms with van der Waals surface area (Å²) in [5, 5.41) is 24.7. The molecule has 1 saturated heterocycles. The first-order chi connectivity index (χ1) is 10.6. The number of aromatic nitrogens is 2. The fraction of sp³-hybridized carbons (Fsp3) is 0.786. The van der Waals surface area contributed by atoms with E-state index >= 15 is 0 Å². The molecule has 8 heteroatoms. The number of hydrogen-bond acceptors (Lipinski definition) is 6. The standard InChI is InChI=1S/C14H25N5O3/c1-2-4-16-5-3-6-17(8-7-16)11-14(20)12-18-10-13(9-15-18)19(21)22/h9-10,14,20H,2-8,11-12H2,1H3. The Morgan fingerprint density at radius 2 is 2.05 bits per heavy atom. The fourth-order valence-corrected chi connectivity index (χ4v) is 2.87. The van der Waals surface area contributed by atoms with Crippen molar-refractivity contribution >= 4 is 5.69 Å². The molecule has 0 aliphatic carbocycles. The Labute approximate surface area is 130 Å². The third-order valence-electron chi connectivity index (χ3n) is 3.92. The molecule has 124 valence electrons. The van der Waals surface area contributed by atoms with E-state index in [4.69, 9.17) is 0 Å². The van der Waals surface area contributed by atoms with E-state index in [0.717, 1.165) is 39.1 Å². The van der Waals surface area contributed by atoms with Gasteiger partial charge in [0.15, 0.2) is 0 Å². The summed E-state index contributed by atoms with van der Waals surface area (Å²) < 4.78 is 1.43. The van der Waals surface area contributed by atoms with Gasteiger partial charge >= 0.3 is 5.69 Å². The number of aliphatic hydroxyl groups is 1. The Morgan fingerprint density at radius 3 is 2.73 bits per heavy atom. The van der Waals surface area contributed by atoms with Gasteiger partial charge in [-0.05, 0) is 32.5 Å². The number of β-amino-alcohol motifs (C(OH)–C–C–N with tert-alkyl or cyclic N) is 1. The first kappa shape index (κ1) is 16.9. The Morgan fingerprint density at radius 1 is 1.32 bits per heavy atom. The zero-order valence-electron chi connectivity index (χ0n) is 13.1. The van der Waals surface area contributed by atoms with Crippen LogP contribution in [0, 0.1) is 10.1 Å². The summed E-state index contributed by atoms with van der Waals surface area (Å²) in [5.41, 5.74) is -0.0443. The predicted molar refractivity (Wildman–Crippen MR) is 82.7 cm³/mol.